The van der Waals surface area contributed by atoms with Crippen LogP contribution in [0.2, 0.25) is 5.02 Å². The monoisotopic (exact) mass is 271 g/mol. The maximum Gasteiger partial charge on any atom is 0.133 e. The van der Waals surface area contributed by atoms with Crippen LogP contribution in [0.1, 0.15) is 43.2 Å². The third-order valence-corrected chi connectivity index (χ3v) is 3.91. The van der Waals surface area contributed by atoms with Gasteiger partial charge in [-0.25, -0.2) is 4.39 Å². The molecule has 1 aliphatic carbocycles. The summed E-state index contributed by atoms with van der Waals surface area (Å²) in [6, 6.07) is 3.28. The van der Waals surface area contributed by atoms with Gasteiger partial charge in [0, 0.05) is 28.8 Å². The van der Waals surface area contributed by atoms with E-state index in [0.717, 1.165) is 25.7 Å². The third kappa shape index (κ3) is 2.68. The highest BCUT2D eigenvalue weighted by Crippen LogP contribution is 2.38. The van der Waals surface area contributed by atoms with Crippen molar-refractivity contribution in [1.82, 2.24) is 0 Å². The summed E-state index contributed by atoms with van der Waals surface area (Å²) in [5.41, 5.74) is 6.83. The Morgan fingerprint density at radius 1 is 1.33 bits per heavy atom. The van der Waals surface area contributed by atoms with Gasteiger partial charge in [-0.3, -0.25) is 0 Å². The fourth-order valence-electron chi connectivity index (χ4n) is 2.72. The summed E-state index contributed by atoms with van der Waals surface area (Å²) in [5, 5.41) is 0.522. The van der Waals surface area contributed by atoms with Crippen molar-refractivity contribution in [2.24, 2.45) is 5.73 Å². The van der Waals surface area contributed by atoms with Gasteiger partial charge in [0.15, 0.2) is 0 Å². The van der Waals surface area contributed by atoms with Crippen molar-refractivity contribution in [3.63, 3.8) is 0 Å². The molecular formula is C14H19ClFNO. The zero-order chi connectivity index (χ0) is 13.2. The molecule has 0 radical (unpaired) electrons. The van der Waals surface area contributed by atoms with Crippen LogP contribution in [-0.2, 0) is 16.9 Å². The van der Waals surface area contributed by atoms with Gasteiger partial charge in [-0.15, -0.1) is 0 Å². The van der Waals surface area contributed by atoms with Crippen molar-refractivity contribution in [1.29, 1.82) is 0 Å². The molecular weight excluding hydrogens is 253 g/mol. The first-order valence-electron chi connectivity index (χ1n) is 6.33. The highest BCUT2D eigenvalue weighted by Gasteiger charge is 2.33. The molecule has 1 fully saturated rings. The van der Waals surface area contributed by atoms with Gasteiger partial charge in [0.1, 0.15) is 5.82 Å². The van der Waals surface area contributed by atoms with Gasteiger partial charge < -0.3 is 10.5 Å². The van der Waals surface area contributed by atoms with Crippen LogP contribution in [0.15, 0.2) is 12.1 Å². The topological polar surface area (TPSA) is 35.2 Å². The van der Waals surface area contributed by atoms with Crippen LogP contribution >= 0.6 is 11.6 Å². The van der Waals surface area contributed by atoms with Crippen LogP contribution in [0.25, 0.3) is 0 Å². The van der Waals surface area contributed by atoms with Crippen molar-refractivity contribution in [3.05, 3.63) is 34.1 Å². The van der Waals surface area contributed by atoms with Gasteiger partial charge in [-0.1, -0.05) is 30.9 Å². The van der Waals surface area contributed by atoms with Crippen LogP contribution in [0.3, 0.4) is 0 Å². The predicted octanol–water partition coefficient (Wildman–Crippen LogP) is 3.74. The maximum absolute atomic E-state index is 14.5. The summed E-state index contributed by atoms with van der Waals surface area (Å²) in [4.78, 5) is 0. The minimum atomic E-state index is -0.574. The molecule has 0 aliphatic heterocycles. The molecule has 1 aromatic rings. The summed E-state index contributed by atoms with van der Waals surface area (Å²) >= 11 is 6.06. The fourth-order valence-corrected chi connectivity index (χ4v) is 2.96. The summed E-state index contributed by atoms with van der Waals surface area (Å²) in [7, 11) is 1.54. The van der Waals surface area contributed by atoms with Gasteiger partial charge >= 0.3 is 0 Å². The van der Waals surface area contributed by atoms with E-state index in [9.17, 15) is 4.39 Å². The van der Waals surface area contributed by atoms with E-state index in [1.165, 1.54) is 6.42 Å². The molecule has 0 bridgehead atoms. The zero-order valence-corrected chi connectivity index (χ0v) is 11.4. The van der Waals surface area contributed by atoms with E-state index >= 15 is 0 Å². The third-order valence-electron chi connectivity index (χ3n) is 3.69. The Morgan fingerprint density at radius 2 is 2.00 bits per heavy atom. The molecule has 0 atom stereocenters. The highest BCUT2D eigenvalue weighted by atomic mass is 35.5. The summed E-state index contributed by atoms with van der Waals surface area (Å²) in [6.45, 7) is 0.218. The summed E-state index contributed by atoms with van der Waals surface area (Å²) < 4.78 is 19.5. The first-order chi connectivity index (χ1) is 8.57. The second-order valence-electron chi connectivity index (χ2n) is 5.08. The molecule has 2 N–H and O–H groups in total. The predicted molar refractivity (Wildman–Crippen MR) is 71.1 cm³/mol. The quantitative estimate of drug-likeness (QED) is 0.909. The lowest BCUT2D eigenvalue weighted by atomic mass is 9.77. The molecule has 100 valence electrons. The number of ether oxygens (including phenoxy) is 1. The number of rotatable bonds is 3. The van der Waals surface area contributed by atoms with Crippen LogP contribution in [0.5, 0.6) is 0 Å². The van der Waals surface area contributed by atoms with E-state index in [2.05, 4.69) is 0 Å². The Balaban J connectivity index is 2.42. The minimum Gasteiger partial charge on any atom is -0.380 e. The number of hydrogen-bond donors (Lipinski definition) is 1. The zero-order valence-electron chi connectivity index (χ0n) is 10.6. The largest absolute Gasteiger partial charge is 0.380 e. The van der Waals surface area contributed by atoms with Crippen LogP contribution in [0, 0.1) is 5.82 Å². The summed E-state index contributed by atoms with van der Waals surface area (Å²) in [6.07, 6.45) is 4.89. The maximum atomic E-state index is 14.5. The molecule has 0 aromatic heterocycles. The van der Waals surface area contributed by atoms with Crippen molar-refractivity contribution < 1.29 is 9.13 Å². The molecule has 0 unspecified atom stereocenters. The normalized spacial score (nSPS) is 18.9. The van der Waals surface area contributed by atoms with Gasteiger partial charge in [0.2, 0.25) is 0 Å². The van der Waals surface area contributed by atoms with Crippen LogP contribution in [-0.4, -0.2) is 7.11 Å². The SMILES string of the molecule is COCc1cc(Cl)cc(C2(N)CCCCC2)c1F. The number of nitrogens with two attached hydrogens (primary N) is 1. The highest BCUT2D eigenvalue weighted by molar-refractivity contribution is 6.30. The molecule has 1 saturated carbocycles. The molecule has 0 saturated heterocycles. The Labute approximate surface area is 112 Å². The van der Waals surface area contributed by atoms with Gasteiger partial charge in [0.25, 0.3) is 0 Å². The lowest BCUT2D eigenvalue weighted by molar-refractivity contribution is 0.180. The van der Waals surface area contributed by atoms with Crippen LogP contribution in [0.4, 0.5) is 4.39 Å². The second-order valence-corrected chi connectivity index (χ2v) is 5.51. The Hall–Kier alpha value is -0.640. The van der Waals surface area contributed by atoms with Gasteiger partial charge in [0.05, 0.1) is 6.61 Å². The summed E-state index contributed by atoms with van der Waals surface area (Å²) in [5.74, 6) is -0.259. The van der Waals surface area contributed by atoms with E-state index in [0.29, 0.717) is 16.1 Å². The number of halogens is 2. The van der Waals surface area contributed by atoms with E-state index in [1.54, 1.807) is 19.2 Å². The Kier molecular flexibility index (Phi) is 4.25. The molecule has 2 rings (SSSR count). The lowest BCUT2D eigenvalue weighted by Crippen LogP contribution is -2.39. The number of methoxy groups -OCH3 is 1. The number of hydrogen-bond acceptors (Lipinski definition) is 2. The first kappa shape index (κ1) is 13.8. The van der Waals surface area contributed by atoms with E-state index in [4.69, 9.17) is 22.1 Å². The second kappa shape index (κ2) is 5.55. The molecule has 4 heteroatoms. The van der Waals surface area contributed by atoms with Crippen molar-refractivity contribution in [2.45, 2.75) is 44.2 Å². The molecule has 0 heterocycles. The molecule has 0 spiro atoms. The number of benzene rings is 1. The molecule has 1 aliphatic rings. The first-order valence-corrected chi connectivity index (χ1v) is 6.71. The van der Waals surface area contributed by atoms with E-state index in [1.807, 2.05) is 0 Å². The molecule has 0 amide bonds. The average Bonchev–Trinajstić information content (AvgIpc) is 2.34. The molecule has 18 heavy (non-hydrogen) atoms. The standard InChI is InChI=1S/C14H19ClFNO/c1-18-9-10-7-11(15)8-12(13(10)16)14(17)5-3-2-4-6-14/h7-8H,2-6,9,17H2,1H3. The van der Waals surface area contributed by atoms with Crippen LogP contribution < -0.4 is 5.73 Å². The average molecular weight is 272 g/mol. The fraction of sp³-hybridized carbons (Fsp3) is 0.571. The van der Waals surface area contributed by atoms with Gasteiger partial charge in [-0.05, 0) is 25.0 Å². The molecule has 2 nitrogen and oxygen atoms in total. The van der Waals surface area contributed by atoms with Crippen molar-refractivity contribution >= 4 is 11.6 Å². The Morgan fingerprint density at radius 3 is 2.61 bits per heavy atom. The lowest BCUT2D eigenvalue weighted by Gasteiger charge is -2.34. The molecule has 1 aromatic carbocycles. The minimum absolute atomic E-state index is 0.218. The Bertz CT molecular complexity index is 430. The van der Waals surface area contributed by atoms with E-state index < -0.39 is 5.54 Å². The van der Waals surface area contributed by atoms with Gasteiger partial charge in [-0.2, -0.15) is 0 Å². The van der Waals surface area contributed by atoms with Crippen molar-refractivity contribution in [3.8, 4) is 0 Å². The smallest absolute Gasteiger partial charge is 0.133 e. The van der Waals surface area contributed by atoms with Crippen molar-refractivity contribution in [2.75, 3.05) is 7.11 Å². The van der Waals surface area contributed by atoms with E-state index in [-0.39, 0.29) is 12.4 Å².